The number of carbonyl (C=O) groups excluding carboxylic acids is 1. The number of hydrogen-bond donors (Lipinski definition) is 2. The average molecular weight is 203 g/mol. The van der Waals surface area contributed by atoms with Gasteiger partial charge < -0.3 is 15.8 Å². The van der Waals surface area contributed by atoms with Crippen molar-refractivity contribution in [1.82, 2.24) is 10.2 Å². The van der Waals surface area contributed by atoms with Gasteiger partial charge >= 0.3 is 0 Å². The number of primary amides is 1. The van der Waals surface area contributed by atoms with Crippen LogP contribution in [0.1, 0.15) is 6.92 Å². The van der Waals surface area contributed by atoms with E-state index in [0.717, 1.165) is 0 Å². The van der Waals surface area contributed by atoms with E-state index in [2.05, 4.69) is 5.32 Å². The Morgan fingerprint density at radius 1 is 1.64 bits per heavy atom. The van der Waals surface area contributed by atoms with Crippen LogP contribution in [0, 0.1) is 0 Å². The summed E-state index contributed by atoms with van der Waals surface area (Å²) in [6, 6.07) is -0.0329. The third-order valence-electron chi connectivity index (χ3n) is 2.32. The highest BCUT2D eigenvalue weighted by molar-refractivity contribution is 5.80. The average Bonchev–Trinajstić information content (AvgIpc) is 2.13. The first kappa shape index (κ1) is 13.4. The van der Waals surface area contributed by atoms with Gasteiger partial charge in [0.05, 0.1) is 12.6 Å². The summed E-state index contributed by atoms with van der Waals surface area (Å²) in [6.45, 7) is 3.28. The van der Waals surface area contributed by atoms with E-state index in [1.54, 1.807) is 14.2 Å². The van der Waals surface area contributed by atoms with E-state index in [9.17, 15) is 4.79 Å². The number of rotatable bonds is 7. The zero-order chi connectivity index (χ0) is 11.1. The maximum absolute atomic E-state index is 10.9. The normalized spacial score (nSPS) is 15.5. The lowest BCUT2D eigenvalue weighted by Crippen LogP contribution is -2.49. The number of likely N-dealkylation sites (N-methyl/N-ethyl adjacent to an activating group) is 2. The van der Waals surface area contributed by atoms with Gasteiger partial charge in [-0.05, 0) is 21.0 Å². The van der Waals surface area contributed by atoms with E-state index in [1.165, 1.54) is 0 Å². The van der Waals surface area contributed by atoms with Gasteiger partial charge in [-0.25, -0.2) is 0 Å². The van der Waals surface area contributed by atoms with Gasteiger partial charge in [0.1, 0.15) is 0 Å². The Morgan fingerprint density at radius 3 is 2.57 bits per heavy atom. The maximum atomic E-state index is 10.9. The number of nitrogens with one attached hydrogen (secondary N) is 1. The van der Waals surface area contributed by atoms with Gasteiger partial charge in [0.25, 0.3) is 0 Å². The summed E-state index contributed by atoms with van der Waals surface area (Å²) < 4.78 is 5.02. The van der Waals surface area contributed by atoms with Crippen molar-refractivity contribution in [1.29, 1.82) is 0 Å². The molecule has 0 bridgehead atoms. The fourth-order valence-corrected chi connectivity index (χ4v) is 1.16. The molecule has 0 aromatic rings. The number of nitrogens with two attached hydrogens (primary N) is 1. The van der Waals surface area contributed by atoms with Crippen LogP contribution in [0.2, 0.25) is 0 Å². The van der Waals surface area contributed by atoms with Crippen molar-refractivity contribution in [2.24, 2.45) is 5.73 Å². The number of carbonyl (C=O) groups is 1. The molecule has 0 aliphatic carbocycles. The minimum absolute atomic E-state index is 0.273. The van der Waals surface area contributed by atoms with Gasteiger partial charge in [0.15, 0.2) is 0 Å². The molecule has 0 saturated carbocycles. The maximum Gasteiger partial charge on any atom is 0.235 e. The summed E-state index contributed by atoms with van der Waals surface area (Å²) in [7, 11) is 5.33. The Balaban J connectivity index is 4.01. The third-order valence-corrected chi connectivity index (χ3v) is 2.32. The quantitative estimate of drug-likeness (QED) is 0.558. The van der Waals surface area contributed by atoms with Crippen molar-refractivity contribution in [3.63, 3.8) is 0 Å². The molecule has 3 N–H and O–H groups in total. The molecule has 0 aliphatic heterocycles. The standard InChI is InChI=1S/C9H21N3O2/c1-7(6-14-4)12(3)5-8(11-2)9(10)13/h7-8,11H,5-6H2,1-4H3,(H2,10,13). The Bertz CT molecular complexity index is 175. The predicted octanol–water partition coefficient (Wildman–Crippen LogP) is -0.974. The lowest BCUT2D eigenvalue weighted by atomic mass is 10.2. The number of methoxy groups -OCH3 is 1. The van der Waals surface area contributed by atoms with Gasteiger partial charge in [-0.15, -0.1) is 0 Å². The van der Waals surface area contributed by atoms with E-state index in [1.807, 2.05) is 18.9 Å². The van der Waals surface area contributed by atoms with E-state index in [0.29, 0.717) is 13.2 Å². The summed E-state index contributed by atoms with van der Waals surface area (Å²) in [5, 5.41) is 2.87. The van der Waals surface area contributed by atoms with Gasteiger partial charge in [0.2, 0.25) is 5.91 Å². The molecule has 1 amide bonds. The predicted molar refractivity (Wildman–Crippen MR) is 56.0 cm³/mol. The van der Waals surface area contributed by atoms with Crippen LogP contribution in [0.3, 0.4) is 0 Å². The molecule has 0 spiro atoms. The molecule has 2 atom stereocenters. The topological polar surface area (TPSA) is 67.6 Å². The van der Waals surface area contributed by atoms with E-state index in [-0.39, 0.29) is 18.0 Å². The molecule has 84 valence electrons. The molecular weight excluding hydrogens is 182 g/mol. The minimum Gasteiger partial charge on any atom is -0.383 e. The molecule has 0 aliphatic rings. The van der Waals surface area contributed by atoms with Crippen molar-refractivity contribution in [3.05, 3.63) is 0 Å². The van der Waals surface area contributed by atoms with Crippen LogP contribution >= 0.6 is 0 Å². The van der Waals surface area contributed by atoms with Crippen molar-refractivity contribution in [2.75, 3.05) is 34.4 Å². The molecule has 0 rings (SSSR count). The fourth-order valence-electron chi connectivity index (χ4n) is 1.16. The molecule has 0 saturated heterocycles. The molecule has 0 radical (unpaired) electrons. The van der Waals surface area contributed by atoms with E-state index >= 15 is 0 Å². The third kappa shape index (κ3) is 4.55. The number of amides is 1. The first-order valence-electron chi connectivity index (χ1n) is 4.68. The zero-order valence-corrected chi connectivity index (χ0v) is 9.41. The molecule has 2 unspecified atom stereocenters. The summed E-state index contributed by atoms with van der Waals surface area (Å²) >= 11 is 0. The molecular formula is C9H21N3O2. The molecule has 5 nitrogen and oxygen atoms in total. The number of nitrogens with zero attached hydrogens (tertiary/aromatic N) is 1. The first-order chi connectivity index (χ1) is 6.52. The Labute approximate surface area is 85.6 Å². The monoisotopic (exact) mass is 203 g/mol. The van der Waals surface area contributed by atoms with Crippen LogP contribution in [0.15, 0.2) is 0 Å². The molecule has 0 fully saturated rings. The Kier molecular flexibility index (Phi) is 6.44. The Morgan fingerprint density at radius 2 is 2.21 bits per heavy atom. The van der Waals surface area contributed by atoms with Gasteiger partial charge in [-0.1, -0.05) is 0 Å². The van der Waals surface area contributed by atoms with Gasteiger partial charge in [0, 0.05) is 19.7 Å². The lowest BCUT2D eigenvalue weighted by Gasteiger charge is -2.27. The highest BCUT2D eigenvalue weighted by Crippen LogP contribution is 1.97. The summed E-state index contributed by atoms with van der Waals surface area (Å²) in [5.74, 6) is -0.330. The second-order valence-corrected chi connectivity index (χ2v) is 3.49. The molecule has 0 heterocycles. The minimum atomic E-state index is -0.330. The van der Waals surface area contributed by atoms with Crippen LogP contribution in [0.4, 0.5) is 0 Å². The van der Waals surface area contributed by atoms with Crippen molar-refractivity contribution in [2.45, 2.75) is 19.0 Å². The second-order valence-electron chi connectivity index (χ2n) is 3.49. The summed E-state index contributed by atoms with van der Waals surface area (Å²) in [5.41, 5.74) is 5.21. The van der Waals surface area contributed by atoms with Crippen molar-refractivity contribution >= 4 is 5.91 Å². The number of ether oxygens (including phenoxy) is 1. The molecule has 0 aromatic carbocycles. The highest BCUT2D eigenvalue weighted by atomic mass is 16.5. The molecule has 14 heavy (non-hydrogen) atoms. The zero-order valence-electron chi connectivity index (χ0n) is 9.41. The van der Waals surface area contributed by atoms with Crippen LogP contribution < -0.4 is 11.1 Å². The fraction of sp³-hybridized carbons (Fsp3) is 0.889. The largest absolute Gasteiger partial charge is 0.383 e. The van der Waals surface area contributed by atoms with Crippen LogP contribution in [0.25, 0.3) is 0 Å². The SMILES string of the molecule is CNC(CN(C)C(C)COC)C(N)=O. The highest BCUT2D eigenvalue weighted by Gasteiger charge is 2.18. The molecule has 5 heteroatoms. The van der Waals surface area contributed by atoms with E-state index in [4.69, 9.17) is 10.5 Å². The smallest absolute Gasteiger partial charge is 0.235 e. The van der Waals surface area contributed by atoms with Crippen molar-refractivity contribution < 1.29 is 9.53 Å². The Hall–Kier alpha value is -0.650. The molecule has 0 aromatic heterocycles. The number of hydrogen-bond acceptors (Lipinski definition) is 4. The van der Waals surface area contributed by atoms with Crippen LogP contribution in [0.5, 0.6) is 0 Å². The summed E-state index contributed by atoms with van der Waals surface area (Å²) in [4.78, 5) is 13.0. The van der Waals surface area contributed by atoms with Crippen LogP contribution in [-0.4, -0.2) is 57.2 Å². The van der Waals surface area contributed by atoms with Gasteiger partial charge in [-0.3, -0.25) is 9.69 Å². The van der Waals surface area contributed by atoms with Crippen molar-refractivity contribution in [3.8, 4) is 0 Å². The summed E-state index contributed by atoms with van der Waals surface area (Å²) in [6.07, 6.45) is 0. The lowest BCUT2D eigenvalue weighted by molar-refractivity contribution is -0.120. The van der Waals surface area contributed by atoms with E-state index < -0.39 is 0 Å². The van der Waals surface area contributed by atoms with Gasteiger partial charge in [-0.2, -0.15) is 0 Å². The second kappa shape index (κ2) is 6.75. The van der Waals surface area contributed by atoms with Crippen LogP contribution in [-0.2, 0) is 9.53 Å². The first-order valence-corrected chi connectivity index (χ1v) is 4.68.